The molecule has 2 aromatic carbocycles. The van der Waals surface area contributed by atoms with Crippen LogP contribution < -0.4 is 10.3 Å². The molecular weight excluding hydrogens is 370 g/mol. The summed E-state index contributed by atoms with van der Waals surface area (Å²) in [7, 11) is 0. The second-order valence-electron chi connectivity index (χ2n) is 5.55. The summed E-state index contributed by atoms with van der Waals surface area (Å²) in [4.78, 5) is 24.5. The first-order valence-corrected chi connectivity index (χ1v) is 8.36. The molecule has 3 rings (SSSR count). The van der Waals surface area contributed by atoms with Crippen LogP contribution in [0, 0.1) is 6.92 Å². The Balaban J connectivity index is 1.80. The Morgan fingerprint density at radius 2 is 1.75 bits per heavy atom. The molecule has 1 heterocycles. The van der Waals surface area contributed by atoms with E-state index in [0.717, 1.165) is 10.0 Å². The molecule has 0 atom stereocenters. The molecule has 0 radical (unpaired) electrons. The zero-order valence-electron chi connectivity index (χ0n) is 13.1. The molecule has 24 heavy (non-hydrogen) atoms. The van der Waals surface area contributed by atoms with E-state index in [1.54, 1.807) is 12.1 Å². The molecule has 0 saturated heterocycles. The van der Waals surface area contributed by atoms with Crippen molar-refractivity contribution in [1.29, 1.82) is 0 Å². The normalized spacial score (nSPS) is 14.3. The quantitative estimate of drug-likeness (QED) is 0.871. The molecule has 122 valence electrons. The Morgan fingerprint density at radius 1 is 1.08 bits per heavy atom. The third kappa shape index (κ3) is 3.71. The Bertz CT molecular complexity index is 798. The summed E-state index contributed by atoms with van der Waals surface area (Å²) >= 11 is 3.36. The number of carbonyl (C=O) groups is 2. The van der Waals surface area contributed by atoms with Crippen LogP contribution >= 0.6 is 15.9 Å². The average Bonchev–Trinajstić information content (AvgIpc) is 2.58. The number of hydrazone groups is 1. The van der Waals surface area contributed by atoms with Gasteiger partial charge in [-0.1, -0.05) is 33.6 Å². The summed E-state index contributed by atoms with van der Waals surface area (Å²) in [5.41, 5.74) is 2.82. The van der Waals surface area contributed by atoms with Crippen LogP contribution in [0.2, 0.25) is 0 Å². The van der Waals surface area contributed by atoms with Crippen molar-refractivity contribution in [2.45, 2.75) is 19.8 Å². The highest BCUT2D eigenvalue weighted by Gasteiger charge is 2.25. The summed E-state index contributed by atoms with van der Waals surface area (Å²) in [6.45, 7) is 1.98. The largest absolute Gasteiger partial charge is 0.321 e. The second-order valence-corrected chi connectivity index (χ2v) is 6.46. The second kappa shape index (κ2) is 6.97. The average molecular weight is 386 g/mol. The van der Waals surface area contributed by atoms with Crippen LogP contribution in [0.5, 0.6) is 0 Å². The van der Waals surface area contributed by atoms with E-state index in [9.17, 15) is 9.59 Å². The maximum Gasteiger partial charge on any atom is 0.271 e. The van der Waals surface area contributed by atoms with Crippen molar-refractivity contribution < 1.29 is 9.59 Å². The number of carbonyl (C=O) groups excluding carboxylic acids is 2. The number of rotatable bonds is 3. The van der Waals surface area contributed by atoms with E-state index in [4.69, 9.17) is 0 Å². The lowest BCUT2D eigenvalue weighted by Gasteiger charge is -2.23. The molecule has 0 spiro atoms. The fourth-order valence-corrected chi connectivity index (χ4v) is 2.61. The highest BCUT2D eigenvalue weighted by Crippen LogP contribution is 2.23. The van der Waals surface area contributed by atoms with Gasteiger partial charge in [0.15, 0.2) is 0 Å². The summed E-state index contributed by atoms with van der Waals surface area (Å²) in [5.74, 6) is -0.405. The van der Waals surface area contributed by atoms with Crippen molar-refractivity contribution in [2.24, 2.45) is 5.10 Å². The predicted octanol–water partition coefficient (Wildman–Crippen LogP) is 3.88. The minimum Gasteiger partial charge on any atom is -0.321 e. The van der Waals surface area contributed by atoms with Gasteiger partial charge in [-0.05, 0) is 43.3 Å². The summed E-state index contributed by atoms with van der Waals surface area (Å²) in [6, 6.07) is 14.8. The summed E-state index contributed by atoms with van der Waals surface area (Å²) in [5, 5.41) is 8.36. The van der Waals surface area contributed by atoms with E-state index in [-0.39, 0.29) is 18.2 Å². The van der Waals surface area contributed by atoms with Crippen LogP contribution in [-0.2, 0) is 9.59 Å². The van der Waals surface area contributed by atoms with Gasteiger partial charge in [0.25, 0.3) is 5.91 Å². The standard InChI is InChI=1S/C18H16BrN3O2/c1-12-2-6-14(7-3-12)20-18(24)16-10-11-17(23)22(21-16)15-8-4-13(19)5-9-15/h2-9H,10-11H2,1H3,(H,20,24). The summed E-state index contributed by atoms with van der Waals surface area (Å²) in [6.07, 6.45) is 0.597. The topological polar surface area (TPSA) is 61.8 Å². The van der Waals surface area contributed by atoms with Gasteiger partial charge in [0.1, 0.15) is 5.71 Å². The van der Waals surface area contributed by atoms with E-state index in [1.807, 2.05) is 43.3 Å². The molecule has 1 aliphatic heterocycles. The van der Waals surface area contributed by atoms with Crippen LogP contribution in [0.3, 0.4) is 0 Å². The smallest absolute Gasteiger partial charge is 0.271 e. The third-order valence-corrected chi connectivity index (χ3v) is 4.20. The number of benzene rings is 2. The van der Waals surface area contributed by atoms with Gasteiger partial charge in [0, 0.05) is 23.0 Å². The Labute approximate surface area is 148 Å². The highest BCUT2D eigenvalue weighted by molar-refractivity contribution is 9.10. The molecule has 2 amide bonds. The fraction of sp³-hybridized carbons (Fsp3) is 0.167. The number of amides is 2. The molecule has 0 aromatic heterocycles. The number of hydrogen-bond acceptors (Lipinski definition) is 3. The maximum atomic E-state index is 12.4. The van der Waals surface area contributed by atoms with Gasteiger partial charge in [0.05, 0.1) is 5.69 Å². The Kier molecular flexibility index (Phi) is 4.76. The van der Waals surface area contributed by atoms with Gasteiger partial charge in [-0.2, -0.15) is 5.10 Å². The number of anilines is 2. The Hall–Kier alpha value is -2.47. The first-order chi connectivity index (χ1) is 11.5. The zero-order chi connectivity index (χ0) is 17.1. The third-order valence-electron chi connectivity index (χ3n) is 3.68. The highest BCUT2D eigenvalue weighted by atomic mass is 79.9. The van der Waals surface area contributed by atoms with Crippen molar-refractivity contribution in [1.82, 2.24) is 0 Å². The minimum absolute atomic E-state index is 0.121. The van der Waals surface area contributed by atoms with Crippen LogP contribution in [0.1, 0.15) is 18.4 Å². The summed E-state index contributed by atoms with van der Waals surface area (Å²) < 4.78 is 0.914. The van der Waals surface area contributed by atoms with Crippen molar-refractivity contribution >= 4 is 44.8 Å². The number of halogens is 1. The van der Waals surface area contributed by atoms with Gasteiger partial charge >= 0.3 is 0 Å². The Morgan fingerprint density at radius 3 is 2.42 bits per heavy atom. The van der Waals surface area contributed by atoms with Gasteiger partial charge in [0.2, 0.25) is 5.91 Å². The molecule has 1 aliphatic rings. The van der Waals surface area contributed by atoms with Crippen molar-refractivity contribution in [3.8, 4) is 0 Å². The van der Waals surface area contributed by atoms with E-state index in [2.05, 4.69) is 26.3 Å². The van der Waals surface area contributed by atoms with Crippen molar-refractivity contribution in [3.05, 3.63) is 58.6 Å². The first-order valence-electron chi connectivity index (χ1n) is 7.57. The van der Waals surface area contributed by atoms with Gasteiger partial charge in [-0.15, -0.1) is 0 Å². The zero-order valence-corrected chi connectivity index (χ0v) is 14.7. The molecule has 0 bridgehead atoms. The van der Waals surface area contributed by atoms with E-state index in [0.29, 0.717) is 23.5 Å². The molecule has 0 saturated carbocycles. The van der Waals surface area contributed by atoms with Crippen LogP contribution in [0.15, 0.2) is 58.1 Å². The molecule has 1 N–H and O–H groups in total. The van der Waals surface area contributed by atoms with E-state index >= 15 is 0 Å². The lowest BCUT2D eigenvalue weighted by atomic mass is 10.1. The lowest BCUT2D eigenvalue weighted by molar-refractivity contribution is -0.118. The van der Waals surface area contributed by atoms with Crippen LogP contribution in [-0.4, -0.2) is 17.5 Å². The first kappa shape index (κ1) is 16.4. The fourth-order valence-electron chi connectivity index (χ4n) is 2.34. The van der Waals surface area contributed by atoms with Crippen molar-refractivity contribution in [2.75, 3.05) is 10.3 Å². The number of aryl methyl sites for hydroxylation is 1. The monoisotopic (exact) mass is 385 g/mol. The molecule has 5 nitrogen and oxygen atoms in total. The van der Waals surface area contributed by atoms with E-state index < -0.39 is 0 Å². The van der Waals surface area contributed by atoms with Crippen molar-refractivity contribution in [3.63, 3.8) is 0 Å². The number of nitrogens with zero attached hydrogens (tertiary/aromatic N) is 2. The molecule has 0 fully saturated rings. The minimum atomic E-state index is -0.284. The lowest BCUT2D eigenvalue weighted by Crippen LogP contribution is -2.36. The number of nitrogens with one attached hydrogen (secondary N) is 1. The van der Waals surface area contributed by atoms with Gasteiger partial charge in [-0.25, -0.2) is 5.01 Å². The number of hydrogen-bond donors (Lipinski definition) is 1. The maximum absolute atomic E-state index is 12.4. The van der Waals surface area contributed by atoms with Gasteiger partial charge in [-0.3, -0.25) is 9.59 Å². The molecular formula is C18H16BrN3O2. The van der Waals surface area contributed by atoms with E-state index in [1.165, 1.54) is 5.01 Å². The van der Waals surface area contributed by atoms with Crippen LogP contribution in [0.25, 0.3) is 0 Å². The van der Waals surface area contributed by atoms with Crippen LogP contribution in [0.4, 0.5) is 11.4 Å². The van der Waals surface area contributed by atoms with Gasteiger partial charge < -0.3 is 5.32 Å². The molecule has 6 heteroatoms. The molecule has 2 aromatic rings. The SMILES string of the molecule is Cc1ccc(NC(=O)C2=NN(c3ccc(Br)cc3)C(=O)CC2)cc1. The molecule has 0 aliphatic carbocycles. The molecule has 0 unspecified atom stereocenters. The predicted molar refractivity (Wildman–Crippen MR) is 98.1 cm³/mol.